The van der Waals surface area contributed by atoms with Crippen LogP contribution in [0.25, 0.3) is 11.3 Å². The van der Waals surface area contributed by atoms with Crippen LogP contribution in [-0.2, 0) is 17.8 Å². The third kappa shape index (κ3) is 3.07. The van der Waals surface area contributed by atoms with Crippen LogP contribution in [0.3, 0.4) is 0 Å². The Morgan fingerprint density at radius 1 is 1.20 bits per heavy atom. The normalized spacial score (nSPS) is 16.0. The highest BCUT2D eigenvalue weighted by Crippen LogP contribution is 2.39. The first kappa shape index (κ1) is 18.6. The predicted octanol–water partition coefficient (Wildman–Crippen LogP) is 2.63. The van der Waals surface area contributed by atoms with Crippen LogP contribution in [0.1, 0.15) is 31.3 Å². The van der Waals surface area contributed by atoms with Gasteiger partial charge in [-0.05, 0) is 12.0 Å². The van der Waals surface area contributed by atoms with Crippen molar-refractivity contribution in [1.29, 1.82) is 0 Å². The fourth-order valence-electron chi connectivity index (χ4n) is 3.81. The lowest BCUT2D eigenvalue weighted by molar-refractivity contribution is -0.116. The van der Waals surface area contributed by atoms with Gasteiger partial charge in [-0.25, -0.2) is 0 Å². The molecule has 2 aliphatic rings. The van der Waals surface area contributed by atoms with Crippen molar-refractivity contribution in [3.05, 3.63) is 58.1 Å². The number of hydrogen-bond acceptors (Lipinski definition) is 6. The molecule has 0 atom stereocenters. The highest BCUT2D eigenvalue weighted by atomic mass is 32.1. The summed E-state index contributed by atoms with van der Waals surface area (Å²) in [7, 11) is 1.62. The average molecular weight is 422 g/mol. The molecule has 2 aliphatic heterocycles. The molecule has 9 heteroatoms. The maximum atomic E-state index is 13.0. The Balaban J connectivity index is 1.40. The molecule has 8 nitrogen and oxygen atoms in total. The summed E-state index contributed by atoms with van der Waals surface area (Å²) in [6, 6.07) is 11.1. The Labute approximate surface area is 176 Å². The van der Waals surface area contributed by atoms with Crippen LogP contribution in [-0.4, -0.2) is 52.8 Å². The molecule has 1 N–H and O–H groups in total. The first-order valence-corrected chi connectivity index (χ1v) is 10.3. The summed E-state index contributed by atoms with van der Waals surface area (Å²) >= 11 is 1.36. The molecule has 0 saturated carbocycles. The number of benzene rings is 1. The monoisotopic (exact) mass is 422 g/mol. The van der Waals surface area contributed by atoms with Crippen LogP contribution in [0.15, 0.2) is 40.9 Å². The van der Waals surface area contributed by atoms with Crippen LogP contribution in [0, 0.1) is 0 Å². The maximum absolute atomic E-state index is 13.0. The standard InChI is InChI=1S/C21H18N4O4S/c1-24-11-17(26)22-19-18(21(24)28)13-7-8-25(10-16(13)30-19)20(27)14-9-15(29-23-14)12-5-3-2-4-6-12/h2-6,9H,7-8,10-11H2,1H3,(H,22,26). The fourth-order valence-corrected chi connectivity index (χ4v) is 5.08. The van der Waals surface area contributed by atoms with Gasteiger partial charge in [0.25, 0.3) is 11.8 Å². The Hall–Kier alpha value is -3.46. The molecule has 0 spiro atoms. The van der Waals surface area contributed by atoms with Crippen molar-refractivity contribution < 1.29 is 18.9 Å². The van der Waals surface area contributed by atoms with Gasteiger partial charge < -0.3 is 19.6 Å². The van der Waals surface area contributed by atoms with E-state index in [0.29, 0.717) is 35.8 Å². The third-order valence-electron chi connectivity index (χ3n) is 5.33. The second kappa shape index (κ2) is 7.10. The number of carbonyl (C=O) groups is 3. The van der Waals surface area contributed by atoms with Gasteiger partial charge in [-0.2, -0.15) is 0 Å². The van der Waals surface area contributed by atoms with E-state index in [-0.39, 0.29) is 30.0 Å². The minimum atomic E-state index is -0.220. The number of nitrogens with one attached hydrogen (secondary N) is 1. The molecule has 4 heterocycles. The second-order valence-corrected chi connectivity index (χ2v) is 8.44. The van der Waals surface area contributed by atoms with Gasteiger partial charge in [-0.15, -0.1) is 11.3 Å². The largest absolute Gasteiger partial charge is 0.355 e. The lowest BCUT2D eigenvalue weighted by Crippen LogP contribution is -2.36. The van der Waals surface area contributed by atoms with Crippen molar-refractivity contribution in [1.82, 2.24) is 15.0 Å². The zero-order valence-corrected chi connectivity index (χ0v) is 17.0. The van der Waals surface area contributed by atoms with Gasteiger partial charge in [0, 0.05) is 30.1 Å². The molecule has 0 radical (unpaired) electrons. The van der Waals surface area contributed by atoms with E-state index in [0.717, 1.165) is 16.0 Å². The van der Waals surface area contributed by atoms with Gasteiger partial charge in [0.1, 0.15) is 5.00 Å². The van der Waals surface area contributed by atoms with Gasteiger partial charge in [0.15, 0.2) is 11.5 Å². The van der Waals surface area contributed by atoms with Crippen molar-refractivity contribution in [3.8, 4) is 11.3 Å². The molecular weight excluding hydrogens is 404 g/mol. The highest BCUT2D eigenvalue weighted by molar-refractivity contribution is 7.17. The van der Waals surface area contributed by atoms with E-state index in [1.807, 2.05) is 30.3 Å². The molecular formula is C21H18N4O4S. The van der Waals surface area contributed by atoms with Crippen LogP contribution >= 0.6 is 11.3 Å². The summed E-state index contributed by atoms with van der Waals surface area (Å²) < 4.78 is 5.36. The molecule has 0 bridgehead atoms. The van der Waals surface area contributed by atoms with Crippen LogP contribution in [0.5, 0.6) is 0 Å². The molecule has 2 aromatic heterocycles. The molecule has 5 rings (SSSR count). The first-order chi connectivity index (χ1) is 14.5. The van der Waals surface area contributed by atoms with Crippen molar-refractivity contribution >= 4 is 34.1 Å². The van der Waals surface area contributed by atoms with Crippen LogP contribution in [0.4, 0.5) is 5.00 Å². The quantitative estimate of drug-likeness (QED) is 0.685. The summed E-state index contributed by atoms with van der Waals surface area (Å²) in [6.45, 7) is 0.870. The molecule has 3 aromatic rings. The molecule has 0 aliphatic carbocycles. The smallest absolute Gasteiger partial charge is 0.276 e. The van der Waals surface area contributed by atoms with Gasteiger partial charge in [0.05, 0.1) is 18.7 Å². The van der Waals surface area contributed by atoms with E-state index in [2.05, 4.69) is 10.5 Å². The van der Waals surface area contributed by atoms with E-state index in [4.69, 9.17) is 4.52 Å². The number of anilines is 1. The van der Waals surface area contributed by atoms with Gasteiger partial charge in [-0.1, -0.05) is 35.5 Å². The number of likely N-dealkylation sites (N-methyl/N-ethyl adjacent to an activating group) is 1. The zero-order valence-electron chi connectivity index (χ0n) is 16.2. The average Bonchev–Trinajstić information content (AvgIpc) is 3.35. The number of rotatable bonds is 2. The zero-order chi connectivity index (χ0) is 20.8. The summed E-state index contributed by atoms with van der Waals surface area (Å²) in [6.07, 6.45) is 0.547. The van der Waals surface area contributed by atoms with Crippen LogP contribution < -0.4 is 5.32 Å². The van der Waals surface area contributed by atoms with E-state index >= 15 is 0 Å². The first-order valence-electron chi connectivity index (χ1n) is 9.52. The maximum Gasteiger partial charge on any atom is 0.276 e. The lowest BCUT2D eigenvalue weighted by Gasteiger charge is -2.26. The SMILES string of the molecule is CN1CC(=O)Nc2sc3c(c2C1=O)CCN(C(=O)c1cc(-c2ccccc2)on1)C3. The number of fused-ring (bicyclic) bond motifs is 3. The summed E-state index contributed by atoms with van der Waals surface area (Å²) in [4.78, 5) is 41.8. The van der Waals surface area contributed by atoms with E-state index in [9.17, 15) is 14.4 Å². The fraction of sp³-hybridized carbons (Fsp3) is 0.238. The minimum absolute atomic E-state index is 0.0372. The molecule has 30 heavy (non-hydrogen) atoms. The van der Waals surface area contributed by atoms with Crippen molar-refractivity contribution in [2.24, 2.45) is 0 Å². The van der Waals surface area contributed by atoms with E-state index in [1.165, 1.54) is 16.2 Å². The van der Waals surface area contributed by atoms with Crippen molar-refractivity contribution in [2.75, 3.05) is 25.5 Å². The Morgan fingerprint density at radius 2 is 2.00 bits per heavy atom. The van der Waals surface area contributed by atoms with E-state index < -0.39 is 0 Å². The number of amides is 3. The number of hydrogen-bond donors (Lipinski definition) is 1. The third-order valence-corrected chi connectivity index (χ3v) is 6.46. The molecule has 152 valence electrons. The van der Waals surface area contributed by atoms with Gasteiger partial charge in [0.2, 0.25) is 5.91 Å². The summed E-state index contributed by atoms with van der Waals surface area (Å²) in [5, 5.41) is 7.35. The molecule has 0 unspecified atom stereocenters. The van der Waals surface area contributed by atoms with Gasteiger partial charge in [-0.3, -0.25) is 14.4 Å². The molecule has 0 saturated heterocycles. The molecule has 0 fully saturated rings. The number of aromatic nitrogens is 1. The van der Waals surface area contributed by atoms with Crippen LogP contribution in [0.2, 0.25) is 0 Å². The second-order valence-electron chi connectivity index (χ2n) is 7.34. The number of carbonyl (C=O) groups excluding carboxylic acids is 3. The van der Waals surface area contributed by atoms with Crippen molar-refractivity contribution in [2.45, 2.75) is 13.0 Å². The molecule has 3 amide bonds. The number of thiophene rings is 1. The Bertz CT molecular complexity index is 1170. The Kier molecular flexibility index (Phi) is 4.39. The van der Waals surface area contributed by atoms with E-state index in [1.54, 1.807) is 18.0 Å². The lowest BCUT2D eigenvalue weighted by atomic mass is 10.0. The summed E-state index contributed by atoms with van der Waals surface area (Å²) in [5.74, 6) is -0.0599. The number of nitrogens with zero attached hydrogens (tertiary/aromatic N) is 3. The predicted molar refractivity (Wildman–Crippen MR) is 110 cm³/mol. The summed E-state index contributed by atoms with van der Waals surface area (Å²) in [5.41, 5.74) is 2.58. The topological polar surface area (TPSA) is 95.8 Å². The van der Waals surface area contributed by atoms with Crippen molar-refractivity contribution in [3.63, 3.8) is 0 Å². The molecule has 1 aromatic carbocycles. The highest BCUT2D eigenvalue weighted by Gasteiger charge is 2.34. The minimum Gasteiger partial charge on any atom is -0.355 e. The van der Waals surface area contributed by atoms with Gasteiger partial charge >= 0.3 is 0 Å². The Morgan fingerprint density at radius 3 is 2.80 bits per heavy atom.